The van der Waals surface area contributed by atoms with Gasteiger partial charge in [0.1, 0.15) is 0 Å². The first-order chi connectivity index (χ1) is 6.25. The van der Waals surface area contributed by atoms with Crippen molar-refractivity contribution in [2.24, 2.45) is 5.92 Å². The zero-order chi connectivity index (χ0) is 9.26. The molecule has 68 valence electrons. The van der Waals surface area contributed by atoms with Crippen molar-refractivity contribution in [2.45, 2.75) is 12.8 Å². The van der Waals surface area contributed by atoms with Crippen molar-refractivity contribution in [1.82, 2.24) is 0 Å². The topological polar surface area (TPSA) is 12.0 Å². The lowest BCUT2D eigenvalue weighted by atomic mass is 10.3. The van der Waals surface area contributed by atoms with Gasteiger partial charge in [-0.1, -0.05) is 23.8 Å². The molecular formula is C10H10ClNS. The van der Waals surface area contributed by atoms with Gasteiger partial charge in [-0.3, -0.25) is 0 Å². The summed E-state index contributed by atoms with van der Waals surface area (Å²) in [5.74, 6) is 0.616. The summed E-state index contributed by atoms with van der Waals surface area (Å²) in [6, 6.07) is 7.60. The normalized spacial score (nSPS) is 15.5. The van der Waals surface area contributed by atoms with Gasteiger partial charge < -0.3 is 5.32 Å². The smallest absolute Gasteiger partial charge is 0.0828 e. The van der Waals surface area contributed by atoms with Gasteiger partial charge in [0.05, 0.1) is 4.99 Å². The molecule has 0 spiro atoms. The van der Waals surface area contributed by atoms with E-state index < -0.39 is 0 Å². The molecule has 1 aromatic carbocycles. The number of hydrogen-bond donors (Lipinski definition) is 1. The van der Waals surface area contributed by atoms with Crippen molar-refractivity contribution in [1.29, 1.82) is 0 Å². The van der Waals surface area contributed by atoms with Crippen LogP contribution < -0.4 is 5.32 Å². The second kappa shape index (κ2) is 3.64. The molecule has 0 aromatic heterocycles. The van der Waals surface area contributed by atoms with Crippen LogP contribution in [-0.4, -0.2) is 4.99 Å². The number of thiocarbonyl (C=S) groups is 1. The molecule has 0 heterocycles. The third-order valence-corrected chi connectivity index (χ3v) is 2.75. The monoisotopic (exact) mass is 211 g/mol. The van der Waals surface area contributed by atoms with Crippen molar-refractivity contribution in [3.63, 3.8) is 0 Å². The van der Waals surface area contributed by atoms with Crippen LogP contribution in [0.15, 0.2) is 24.3 Å². The van der Waals surface area contributed by atoms with E-state index in [1.807, 2.05) is 24.3 Å². The molecule has 0 saturated heterocycles. The Morgan fingerprint density at radius 3 is 2.46 bits per heavy atom. The van der Waals surface area contributed by atoms with Gasteiger partial charge >= 0.3 is 0 Å². The summed E-state index contributed by atoms with van der Waals surface area (Å²) >= 11 is 11.0. The molecule has 1 saturated carbocycles. The minimum absolute atomic E-state index is 0.616. The van der Waals surface area contributed by atoms with Gasteiger partial charge in [0.15, 0.2) is 0 Å². The Morgan fingerprint density at radius 2 is 1.92 bits per heavy atom. The minimum Gasteiger partial charge on any atom is -0.350 e. The van der Waals surface area contributed by atoms with E-state index in [-0.39, 0.29) is 0 Å². The van der Waals surface area contributed by atoms with Gasteiger partial charge in [-0.05, 0) is 37.1 Å². The molecule has 1 aromatic rings. The van der Waals surface area contributed by atoms with Crippen LogP contribution in [0.3, 0.4) is 0 Å². The molecule has 1 aliphatic rings. The summed E-state index contributed by atoms with van der Waals surface area (Å²) in [5.41, 5.74) is 1.03. The van der Waals surface area contributed by atoms with Crippen LogP contribution in [0.5, 0.6) is 0 Å². The van der Waals surface area contributed by atoms with E-state index in [2.05, 4.69) is 5.32 Å². The van der Waals surface area contributed by atoms with Crippen LogP contribution in [0.2, 0.25) is 5.02 Å². The zero-order valence-electron chi connectivity index (χ0n) is 7.09. The highest BCUT2D eigenvalue weighted by molar-refractivity contribution is 7.80. The maximum atomic E-state index is 5.76. The van der Waals surface area contributed by atoms with Crippen LogP contribution in [-0.2, 0) is 0 Å². The average molecular weight is 212 g/mol. The maximum Gasteiger partial charge on any atom is 0.0828 e. The highest BCUT2D eigenvalue weighted by Crippen LogP contribution is 2.31. The SMILES string of the molecule is S=C(Nc1ccc(Cl)cc1)C1CC1. The van der Waals surface area contributed by atoms with Gasteiger partial charge in [0, 0.05) is 16.6 Å². The van der Waals surface area contributed by atoms with Crippen molar-refractivity contribution in [2.75, 3.05) is 5.32 Å². The highest BCUT2D eigenvalue weighted by Gasteiger charge is 2.25. The lowest BCUT2D eigenvalue weighted by Crippen LogP contribution is -2.10. The lowest BCUT2D eigenvalue weighted by Gasteiger charge is -2.05. The van der Waals surface area contributed by atoms with E-state index in [0.717, 1.165) is 15.7 Å². The Hall–Kier alpha value is -0.600. The van der Waals surface area contributed by atoms with Gasteiger partial charge in [-0.15, -0.1) is 0 Å². The quantitative estimate of drug-likeness (QED) is 0.752. The highest BCUT2D eigenvalue weighted by atomic mass is 35.5. The molecule has 0 atom stereocenters. The van der Waals surface area contributed by atoms with Crippen LogP contribution in [0.1, 0.15) is 12.8 Å². The van der Waals surface area contributed by atoms with Gasteiger partial charge in [-0.25, -0.2) is 0 Å². The van der Waals surface area contributed by atoms with E-state index in [1.165, 1.54) is 12.8 Å². The van der Waals surface area contributed by atoms with E-state index in [1.54, 1.807) is 0 Å². The van der Waals surface area contributed by atoms with E-state index in [0.29, 0.717) is 5.92 Å². The zero-order valence-corrected chi connectivity index (χ0v) is 8.66. The predicted molar refractivity (Wildman–Crippen MR) is 60.4 cm³/mol. The number of rotatable bonds is 2. The predicted octanol–water partition coefficient (Wildman–Crippen LogP) is 3.49. The van der Waals surface area contributed by atoms with Gasteiger partial charge in [-0.2, -0.15) is 0 Å². The molecule has 13 heavy (non-hydrogen) atoms. The standard InChI is InChI=1S/C10H10ClNS/c11-8-3-5-9(6-4-8)12-10(13)7-1-2-7/h3-7H,1-2H2,(H,12,13). The summed E-state index contributed by atoms with van der Waals surface area (Å²) in [7, 11) is 0. The largest absolute Gasteiger partial charge is 0.350 e. The second-order valence-electron chi connectivity index (χ2n) is 3.27. The molecule has 0 bridgehead atoms. The third kappa shape index (κ3) is 2.42. The fourth-order valence-corrected chi connectivity index (χ4v) is 1.60. The Kier molecular flexibility index (Phi) is 2.51. The molecule has 1 N–H and O–H groups in total. The van der Waals surface area contributed by atoms with Crippen molar-refractivity contribution in [3.8, 4) is 0 Å². The molecule has 0 unspecified atom stereocenters. The lowest BCUT2D eigenvalue weighted by molar-refractivity contribution is 1.22. The van der Waals surface area contributed by atoms with E-state index in [9.17, 15) is 0 Å². The minimum atomic E-state index is 0.616. The molecule has 3 heteroatoms. The molecule has 1 nitrogen and oxygen atoms in total. The van der Waals surface area contributed by atoms with Crippen LogP contribution >= 0.6 is 23.8 Å². The Bertz CT molecular complexity index is 316. The molecule has 1 aliphatic carbocycles. The van der Waals surface area contributed by atoms with E-state index in [4.69, 9.17) is 23.8 Å². The number of nitrogens with one attached hydrogen (secondary N) is 1. The van der Waals surface area contributed by atoms with Crippen LogP contribution in [0, 0.1) is 5.92 Å². The van der Waals surface area contributed by atoms with Gasteiger partial charge in [0.25, 0.3) is 0 Å². The average Bonchev–Trinajstić information content (AvgIpc) is 2.91. The first-order valence-corrected chi connectivity index (χ1v) is 5.11. The Labute approximate surface area is 88.1 Å². The molecule has 0 aliphatic heterocycles. The molecule has 0 amide bonds. The summed E-state index contributed by atoms with van der Waals surface area (Å²) in [5, 5.41) is 3.96. The third-order valence-electron chi connectivity index (χ3n) is 2.06. The fraction of sp³-hybridized carbons (Fsp3) is 0.300. The summed E-state index contributed by atoms with van der Waals surface area (Å²) in [6.07, 6.45) is 2.47. The summed E-state index contributed by atoms with van der Waals surface area (Å²) in [4.78, 5) is 0.960. The Balaban J connectivity index is 2.00. The second-order valence-corrected chi connectivity index (χ2v) is 4.15. The molecule has 2 rings (SSSR count). The van der Waals surface area contributed by atoms with Crippen molar-refractivity contribution in [3.05, 3.63) is 29.3 Å². The number of hydrogen-bond acceptors (Lipinski definition) is 1. The summed E-state index contributed by atoms with van der Waals surface area (Å²) in [6.45, 7) is 0. The fourth-order valence-electron chi connectivity index (χ4n) is 1.12. The Morgan fingerprint density at radius 1 is 1.31 bits per heavy atom. The van der Waals surface area contributed by atoms with E-state index >= 15 is 0 Å². The van der Waals surface area contributed by atoms with Gasteiger partial charge in [0.2, 0.25) is 0 Å². The van der Waals surface area contributed by atoms with Crippen molar-refractivity contribution >= 4 is 34.5 Å². The van der Waals surface area contributed by atoms with Crippen LogP contribution in [0.4, 0.5) is 5.69 Å². The van der Waals surface area contributed by atoms with Crippen molar-refractivity contribution < 1.29 is 0 Å². The maximum absolute atomic E-state index is 5.76. The number of anilines is 1. The van der Waals surface area contributed by atoms with Crippen LogP contribution in [0.25, 0.3) is 0 Å². The first-order valence-electron chi connectivity index (χ1n) is 4.32. The molecule has 1 fully saturated rings. The number of benzene rings is 1. The first kappa shape index (κ1) is 8.97. The summed E-state index contributed by atoms with van der Waals surface area (Å²) < 4.78 is 0. The molecular weight excluding hydrogens is 202 g/mol. The number of halogens is 1. The molecule has 0 radical (unpaired) electrons.